The lowest BCUT2D eigenvalue weighted by molar-refractivity contribution is -0.120. The molecule has 0 saturated heterocycles. The summed E-state index contributed by atoms with van der Waals surface area (Å²) in [5, 5.41) is 5.33. The van der Waals surface area contributed by atoms with E-state index in [9.17, 15) is 9.59 Å². The number of methoxy groups -OCH3 is 2. The third-order valence-electron chi connectivity index (χ3n) is 4.58. The van der Waals surface area contributed by atoms with E-state index < -0.39 is 11.8 Å². The minimum absolute atomic E-state index is 0.187. The average molecular weight is 441 g/mol. The van der Waals surface area contributed by atoms with Crippen molar-refractivity contribution in [2.75, 3.05) is 24.4 Å². The molecule has 1 aliphatic heterocycles. The molecule has 0 spiro atoms. The van der Waals surface area contributed by atoms with E-state index >= 15 is 0 Å². The van der Waals surface area contributed by atoms with Gasteiger partial charge in [0.25, 0.3) is 11.8 Å². The molecule has 2 aromatic carbocycles. The second-order valence-corrected chi connectivity index (χ2v) is 7.70. The maximum atomic E-state index is 13.3. The van der Waals surface area contributed by atoms with Crippen LogP contribution in [0, 0.1) is 0 Å². The first-order valence-corrected chi connectivity index (χ1v) is 10.2. The third kappa shape index (κ3) is 3.53. The van der Waals surface area contributed by atoms with Crippen molar-refractivity contribution in [2.24, 2.45) is 0 Å². The zero-order valence-electron chi connectivity index (χ0n) is 16.1. The van der Waals surface area contributed by atoms with E-state index in [-0.39, 0.29) is 5.70 Å². The molecule has 0 unspecified atom stereocenters. The lowest BCUT2D eigenvalue weighted by Crippen LogP contribution is -2.32. The van der Waals surface area contributed by atoms with Crippen LogP contribution in [0.3, 0.4) is 0 Å². The number of hydrogen-bond acceptors (Lipinski definition) is 6. The fourth-order valence-electron chi connectivity index (χ4n) is 3.17. The van der Waals surface area contributed by atoms with Crippen molar-refractivity contribution < 1.29 is 19.1 Å². The lowest BCUT2D eigenvalue weighted by atomic mass is 10.2. The highest BCUT2D eigenvalue weighted by atomic mass is 35.5. The highest BCUT2D eigenvalue weighted by molar-refractivity contribution is 7.11. The van der Waals surface area contributed by atoms with Crippen LogP contribution < -0.4 is 19.7 Å². The number of rotatable bonds is 6. The molecular formula is C22H17ClN2O4S. The molecule has 30 heavy (non-hydrogen) atoms. The van der Waals surface area contributed by atoms with Crippen molar-refractivity contribution in [3.8, 4) is 11.5 Å². The number of ether oxygens (including phenoxy) is 2. The Balaban J connectivity index is 1.77. The van der Waals surface area contributed by atoms with Crippen LogP contribution in [0.5, 0.6) is 11.5 Å². The maximum Gasteiger partial charge on any atom is 0.282 e. The zero-order chi connectivity index (χ0) is 21.3. The number of amides is 2. The highest BCUT2D eigenvalue weighted by Crippen LogP contribution is 2.37. The number of carbonyl (C=O) groups is 2. The van der Waals surface area contributed by atoms with Gasteiger partial charge < -0.3 is 14.8 Å². The van der Waals surface area contributed by atoms with E-state index in [1.807, 2.05) is 17.5 Å². The van der Waals surface area contributed by atoms with Crippen molar-refractivity contribution in [1.82, 2.24) is 0 Å². The van der Waals surface area contributed by atoms with Crippen LogP contribution in [-0.2, 0) is 9.59 Å². The first kappa shape index (κ1) is 20.0. The van der Waals surface area contributed by atoms with Gasteiger partial charge >= 0.3 is 0 Å². The molecule has 0 bridgehead atoms. The first-order valence-electron chi connectivity index (χ1n) is 8.95. The van der Waals surface area contributed by atoms with Crippen LogP contribution >= 0.6 is 22.9 Å². The molecule has 1 aliphatic rings. The predicted octanol–water partition coefficient (Wildman–Crippen LogP) is 4.82. The van der Waals surface area contributed by atoms with E-state index in [0.717, 1.165) is 4.90 Å². The van der Waals surface area contributed by atoms with Gasteiger partial charge in [-0.3, -0.25) is 9.59 Å². The number of nitrogens with zero attached hydrogens (tertiary/aromatic N) is 1. The number of halogens is 1. The van der Waals surface area contributed by atoms with Gasteiger partial charge in [-0.15, -0.1) is 11.3 Å². The zero-order valence-corrected chi connectivity index (χ0v) is 17.7. The molecule has 3 aromatic rings. The molecular weight excluding hydrogens is 424 g/mol. The van der Waals surface area contributed by atoms with Gasteiger partial charge in [-0.2, -0.15) is 0 Å². The summed E-state index contributed by atoms with van der Waals surface area (Å²) in [5.74, 6) is 0.206. The van der Waals surface area contributed by atoms with Gasteiger partial charge in [0.2, 0.25) is 0 Å². The smallest absolute Gasteiger partial charge is 0.282 e. The normalized spacial score (nSPS) is 13.8. The quantitative estimate of drug-likeness (QED) is 0.557. The molecule has 0 aliphatic carbocycles. The number of hydrogen-bond donors (Lipinski definition) is 1. The molecule has 6 nitrogen and oxygen atoms in total. The van der Waals surface area contributed by atoms with Crippen LogP contribution in [0.1, 0.15) is 4.88 Å². The summed E-state index contributed by atoms with van der Waals surface area (Å²) in [5.41, 5.74) is 1.50. The number of carbonyl (C=O) groups excluding carboxylic acids is 2. The van der Waals surface area contributed by atoms with Gasteiger partial charge in [0, 0.05) is 16.6 Å². The molecule has 2 heterocycles. The molecule has 4 rings (SSSR count). The molecule has 0 atom stereocenters. The second kappa shape index (κ2) is 8.22. The van der Waals surface area contributed by atoms with E-state index in [4.69, 9.17) is 21.1 Å². The molecule has 1 N–H and O–H groups in total. The van der Waals surface area contributed by atoms with E-state index in [2.05, 4.69) is 5.32 Å². The fraction of sp³-hybridized carbons (Fsp3) is 0.0909. The minimum atomic E-state index is -0.455. The molecule has 2 amide bonds. The van der Waals surface area contributed by atoms with E-state index in [1.165, 1.54) is 25.6 Å². The summed E-state index contributed by atoms with van der Waals surface area (Å²) in [7, 11) is 3.05. The fourth-order valence-corrected chi connectivity index (χ4v) is 4.19. The number of nitrogens with one attached hydrogen (secondary N) is 1. The van der Waals surface area contributed by atoms with Crippen LogP contribution in [0.25, 0.3) is 5.57 Å². The number of thiophene rings is 1. The Morgan fingerprint density at radius 2 is 1.80 bits per heavy atom. The van der Waals surface area contributed by atoms with Gasteiger partial charge in [-0.1, -0.05) is 23.7 Å². The Hall–Kier alpha value is -3.29. The molecule has 152 valence electrons. The summed E-state index contributed by atoms with van der Waals surface area (Å²) in [6.45, 7) is 0. The highest BCUT2D eigenvalue weighted by Gasteiger charge is 2.40. The minimum Gasteiger partial charge on any atom is -0.497 e. The third-order valence-corrected chi connectivity index (χ3v) is 5.77. The second-order valence-electron chi connectivity index (χ2n) is 6.35. The molecule has 0 radical (unpaired) electrons. The first-order chi connectivity index (χ1) is 14.5. The molecule has 8 heteroatoms. The molecule has 1 aromatic heterocycles. The van der Waals surface area contributed by atoms with Gasteiger partial charge in [-0.25, -0.2) is 4.90 Å². The summed E-state index contributed by atoms with van der Waals surface area (Å²) in [6, 6.07) is 15.5. The SMILES string of the molecule is COc1cccc(N2C(=O)C(Nc3ccc(OC)c(Cl)c3)=C(c3cccs3)C2=O)c1. The summed E-state index contributed by atoms with van der Waals surface area (Å²) in [4.78, 5) is 28.5. The summed E-state index contributed by atoms with van der Waals surface area (Å²) in [6.07, 6.45) is 0. The topological polar surface area (TPSA) is 67.9 Å². The number of anilines is 2. The van der Waals surface area contributed by atoms with Crippen molar-refractivity contribution >= 4 is 51.7 Å². The van der Waals surface area contributed by atoms with Gasteiger partial charge in [0.15, 0.2) is 0 Å². The Morgan fingerprint density at radius 1 is 0.967 bits per heavy atom. The average Bonchev–Trinajstić information content (AvgIpc) is 3.35. The lowest BCUT2D eigenvalue weighted by Gasteiger charge is -2.16. The van der Waals surface area contributed by atoms with Gasteiger partial charge in [0.05, 0.1) is 30.5 Å². The maximum absolute atomic E-state index is 13.3. The summed E-state index contributed by atoms with van der Waals surface area (Å²) >= 11 is 7.60. The van der Waals surface area contributed by atoms with Crippen LogP contribution in [-0.4, -0.2) is 26.0 Å². The van der Waals surface area contributed by atoms with Crippen molar-refractivity contribution in [1.29, 1.82) is 0 Å². The largest absolute Gasteiger partial charge is 0.497 e. The van der Waals surface area contributed by atoms with Crippen LogP contribution in [0.2, 0.25) is 5.02 Å². The van der Waals surface area contributed by atoms with Crippen molar-refractivity contribution in [3.05, 3.63) is 75.6 Å². The monoisotopic (exact) mass is 440 g/mol. The number of imide groups is 1. The standard InChI is InChI=1S/C22H17ClN2O4S/c1-28-15-6-3-5-14(12-15)25-21(26)19(18-7-4-10-30-18)20(22(25)27)24-13-8-9-17(29-2)16(23)11-13/h3-12,24H,1-2H3. The Labute approximate surface area is 182 Å². The molecule has 0 fully saturated rings. The number of benzene rings is 2. The van der Waals surface area contributed by atoms with Crippen molar-refractivity contribution in [3.63, 3.8) is 0 Å². The Morgan fingerprint density at radius 3 is 2.47 bits per heavy atom. The Bertz CT molecular complexity index is 1160. The van der Waals surface area contributed by atoms with Crippen molar-refractivity contribution in [2.45, 2.75) is 0 Å². The van der Waals surface area contributed by atoms with Crippen LogP contribution in [0.4, 0.5) is 11.4 Å². The predicted molar refractivity (Wildman–Crippen MR) is 118 cm³/mol. The van der Waals surface area contributed by atoms with E-state index in [1.54, 1.807) is 42.5 Å². The van der Waals surface area contributed by atoms with Gasteiger partial charge in [0.1, 0.15) is 17.2 Å². The van der Waals surface area contributed by atoms with E-state index in [0.29, 0.717) is 38.3 Å². The summed E-state index contributed by atoms with van der Waals surface area (Å²) < 4.78 is 10.4. The Kier molecular flexibility index (Phi) is 5.48. The molecule has 0 saturated carbocycles. The van der Waals surface area contributed by atoms with Gasteiger partial charge in [-0.05, 0) is 41.8 Å². The van der Waals surface area contributed by atoms with Crippen LogP contribution in [0.15, 0.2) is 65.7 Å².